The van der Waals surface area contributed by atoms with Gasteiger partial charge in [-0.05, 0) is 12.1 Å². The zero-order chi connectivity index (χ0) is 18.1. The second-order valence-electron chi connectivity index (χ2n) is 6.45. The quantitative estimate of drug-likeness (QED) is 0.902. The number of benzene rings is 1. The van der Waals surface area contributed by atoms with Gasteiger partial charge < -0.3 is 24.3 Å². The molecule has 136 valence electrons. The maximum Gasteiger partial charge on any atom is 0.253 e. The molecule has 1 N–H and O–H groups in total. The number of carbonyl (C=O) groups excluding carboxylic acids is 1. The van der Waals surface area contributed by atoms with Crippen LogP contribution in [-0.2, 0) is 11.8 Å². The molecule has 0 aliphatic carbocycles. The van der Waals surface area contributed by atoms with Gasteiger partial charge in [0.2, 0.25) is 0 Å². The van der Waals surface area contributed by atoms with Gasteiger partial charge in [0, 0.05) is 44.6 Å². The first-order chi connectivity index (χ1) is 12.7. The number of nitrogens with zero attached hydrogens (tertiary/aromatic N) is 3. The number of para-hydroxylation sites is 1. The molecule has 1 unspecified atom stereocenters. The Kier molecular flexibility index (Phi) is 4.38. The summed E-state index contributed by atoms with van der Waals surface area (Å²) < 4.78 is 13.1. The Morgan fingerprint density at radius 3 is 3.08 bits per heavy atom. The normalized spacial score (nSPS) is 19.4. The van der Waals surface area contributed by atoms with Gasteiger partial charge in [0.05, 0.1) is 12.7 Å². The number of rotatable bonds is 3. The molecule has 2 aromatic rings. The molecule has 1 atom stereocenters. The molecule has 1 amide bonds. The molecule has 7 heteroatoms. The highest BCUT2D eigenvalue weighted by molar-refractivity contribution is 5.99. The number of amides is 1. The molecule has 2 aliphatic heterocycles. The third-order valence-corrected chi connectivity index (χ3v) is 4.87. The molecule has 1 saturated heterocycles. The van der Waals surface area contributed by atoms with Crippen LogP contribution >= 0.6 is 0 Å². The highest BCUT2D eigenvalue weighted by atomic mass is 16.5. The van der Waals surface area contributed by atoms with Crippen molar-refractivity contribution in [3.05, 3.63) is 47.6 Å². The van der Waals surface area contributed by atoms with Crippen molar-refractivity contribution in [2.24, 2.45) is 7.05 Å². The van der Waals surface area contributed by atoms with Gasteiger partial charge in [0.15, 0.2) is 11.5 Å². The second-order valence-corrected chi connectivity index (χ2v) is 6.45. The zero-order valence-corrected chi connectivity index (χ0v) is 14.9. The van der Waals surface area contributed by atoms with Gasteiger partial charge in [-0.25, -0.2) is 4.98 Å². The molecular weight excluding hydrogens is 332 g/mol. The van der Waals surface area contributed by atoms with Gasteiger partial charge in [0.1, 0.15) is 18.5 Å². The minimum atomic E-state index is -0.0937. The van der Waals surface area contributed by atoms with Crippen LogP contribution in [0.25, 0.3) is 6.08 Å². The van der Waals surface area contributed by atoms with Gasteiger partial charge in [-0.2, -0.15) is 0 Å². The molecule has 0 saturated carbocycles. The van der Waals surface area contributed by atoms with E-state index in [0.29, 0.717) is 30.2 Å². The standard InChI is InChI=1S/C19H22N4O3/c1-22-8-7-21-18(22)15-11-20-6-9-23(15)19(24)14-10-13-4-3-5-16(25-2)17(13)26-12-14/h3-5,7-8,10,15,20H,6,9,11-12H2,1-2H3. The highest BCUT2D eigenvalue weighted by Crippen LogP contribution is 2.36. The SMILES string of the molecule is COc1cccc2c1OCC(C(=O)N1CCNCC1c1nccn1C)=C2. The Hall–Kier alpha value is -2.80. The number of nitrogens with one attached hydrogen (secondary N) is 1. The summed E-state index contributed by atoms with van der Waals surface area (Å²) in [6.07, 6.45) is 5.57. The zero-order valence-electron chi connectivity index (χ0n) is 14.9. The predicted molar refractivity (Wildman–Crippen MR) is 97.0 cm³/mol. The summed E-state index contributed by atoms with van der Waals surface area (Å²) >= 11 is 0. The largest absolute Gasteiger partial charge is 0.493 e. The van der Waals surface area contributed by atoms with Gasteiger partial charge in [-0.1, -0.05) is 12.1 Å². The number of aromatic nitrogens is 2. The van der Waals surface area contributed by atoms with E-state index in [0.717, 1.165) is 17.9 Å². The van der Waals surface area contributed by atoms with E-state index in [2.05, 4.69) is 10.3 Å². The number of imidazole rings is 1. The van der Waals surface area contributed by atoms with Crippen molar-refractivity contribution in [2.75, 3.05) is 33.4 Å². The first-order valence-electron chi connectivity index (χ1n) is 8.68. The van der Waals surface area contributed by atoms with Crippen molar-refractivity contribution in [3.8, 4) is 11.5 Å². The summed E-state index contributed by atoms with van der Waals surface area (Å²) in [6, 6.07) is 5.58. The van der Waals surface area contributed by atoms with Crippen molar-refractivity contribution in [2.45, 2.75) is 6.04 Å². The molecule has 7 nitrogen and oxygen atoms in total. The van der Waals surface area contributed by atoms with Crippen LogP contribution in [0.15, 0.2) is 36.2 Å². The van der Waals surface area contributed by atoms with Gasteiger partial charge >= 0.3 is 0 Å². The number of methoxy groups -OCH3 is 1. The van der Waals surface area contributed by atoms with E-state index in [1.807, 2.05) is 47.0 Å². The Morgan fingerprint density at radius 2 is 2.31 bits per heavy atom. The summed E-state index contributed by atoms with van der Waals surface area (Å²) in [7, 11) is 3.56. The third-order valence-electron chi connectivity index (χ3n) is 4.87. The molecule has 0 radical (unpaired) electrons. The fourth-order valence-corrected chi connectivity index (χ4v) is 3.53. The highest BCUT2D eigenvalue weighted by Gasteiger charge is 2.33. The lowest BCUT2D eigenvalue weighted by molar-refractivity contribution is -0.131. The first-order valence-corrected chi connectivity index (χ1v) is 8.68. The van der Waals surface area contributed by atoms with E-state index in [-0.39, 0.29) is 18.6 Å². The van der Waals surface area contributed by atoms with Crippen molar-refractivity contribution >= 4 is 12.0 Å². The van der Waals surface area contributed by atoms with Crippen LogP contribution in [-0.4, -0.2) is 53.7 Å². The molecule has 0 bridgehead atoms. The summed E-state index contributed by atoms with van der Waals surface area (Å²) in [5.41, 5.74) is 1.51. The maximum absolute atomic E-state index is 13.2. The molecular formula is C19H22N4O3. The third kappa shape index (κ3) is 2.84. The number of aryl methyl sites for hydroxylation is 1. The average Bonchev–Trinajstić information content (AvgIpc) is 3.12. The number of hydrogen-bond acceptors (Lipinski definition) is 5. The van der Waals surface area contributed by atoms with Crippen LogP contribution in [0, 0.1) is 0 Å². The van der Waals surface area contributed by atoms with E-state index in [4.69, 9.17) is 9.47 Å². The van der Waals surface area contributed by atoms with E-state index < -0.39 is 0 Å². The molecule has 3 heterocycles. The lowest BCUT2D eigenvalue weighted by Crippen LogP contribution is -2.50. The van der Waals surface area contributed by atoms with Crippen LogP contribution in [0.4, 0.5) is 0 Å². The monoisotopic (exact) mass is 354 g/mol. The topological polar surface area (TPSA) is 68.6 Å². The summed E-state index contributed by atoms with van der Waals surface area (Å²) in [6.45, 7) is 2.34. The number of fused-ring (bicyclic) bond motifs is 1. The molecule has 0 spiro atoms. The summed E-state index contributed by atoms with van der Waals surface area (Å²) in [5.74, 6) is 2.24. The van der Waals surface area contributed by atoms with Crippen molar-refractivity contribution in [3.63, 3.8) is 0 Å². The number of carbonyl (C=O) groups is 1. The van der Waals surface area contributed by atoms with E-state index in [1.54, 1.807) is 13.3 Å². The minimum absolute atomic E-state index is 0.00651. The molecule has 4 rings (SSSR count). The average molecular weight is 354 g/mol. The van der Waals surface area contributed by atoms with Crippen molar-refractivity contribution in [1.29, 1.82) is 0 Å². The molecule has 26 heavy (non-hydrogen) atoms. The van der Waals surface area contributed by atoms with Crippen LogP contribution in [0.5, 0.6) is 11.5 Å². The minimum Gasteiger partial charge on any atom is -0.493 e. The fraction of sp³-hybridized carbons (Fsp3) is 0.368. The fourth-order valence-electron chi connectivity index (χ4n) is 3.53. The van der Waals surface area contributed by atoms with Gasteiger partial charge in [-0.3, -0.25) is 4.79 Å². The van der Waals surface area contributed by atoms with Crippen LogP contribution < -0.4 is 14.8 Å². The molecule has 1 aromatic heterocycles. The number of hydrogen-bond donors (Lipinski definition) is 1. The van der Waals surface area contributed by atoms with E-state index in [1.165, 1.54) is 0 Å². The lowest BCUT2D eigenvalue weighted by Gasteiger charge is -2.36. The predicted octanol–water partition coefficient (Wildman–Crippen LogP) is 1.38. The Balaban J connectivity index is 1.64. The van der Waals surface area contributed by atoms with E-state index >= 15 is 0 Å². The number of ether oxygens (including phenoxy) is 2. The smallest absolute Gasteiger partial charge is 0.253 e. The molecule has 2 aliphatic rings. The summed E-state index contributed by atoms with van der Waals surface area (Å²) in [4.78, 5) is 19.5. The van der Waals surface area contributed by atoms with Crippen molar-refractivity contribution < 1.29 is 14.3 Å². The van der Waals surface area contributed by atoms with Crippen LogP contribution in [0.3, 0.4) is 0 Å². The molecule has 1 aromatic carbocycles. The summed E-state index contributed by atoms with van der Waals surface area (Å²) in [5, 5.41) is 3.35. The Labute approximate surface area is 152 Å². The Morgan fingerprint density at radius 1 is 1.42 bits per heavy atom. The molecule has 1 fully saturated rings. The van der Waals surface area contributed by atoms with Crippen molar-refractivity contribution in [1.82, 2.24) is 19.8 Å². The van der Waals surface area contributed by atoms with Gasteiger partial charge in [-0.15, -0.1) is 0 Å². The first kappa shape index (κ1) is 16.7. The van der Waals surface area contributed by atoms with Gasteiger partial charge in [0.25, 0.3) is 5.91 Å². The van der Waals surface area contributed by atoms with Crippen LogP contribution in [0.2, 0.25) is 0 Å². The number of piperazine rings is 1. The second kappa shape index (κ2) is 6.84. The lowest BCUT2D eigenvalue weighted by atomic mass is 10.0. The van der Waals surface area contributed by atoms with E-state index in [9.17, 15) is 4.79 Å². The maximum atomic E-state index is 13.2. The van der Waals surface area contributed by atoms with Crippen LogP contribution in [0.1, 0.15) is 17.4 Å². The Bertz CT molecular complexity index is 858.